The SMILES string of the molecule is O=C(COc1ccccc1)OC=CCn1cc(C(c2ccccc2)c2ccccc2)cn1. The summed E-state index contributed by atoms with van der Waals surface area (Å²) in [7, 11) is 0. The van der Waals surface area contributed by atoms with Gasteiger partial charge in [-0.1, -0.05) is 78.9 Å². The molecule has 0 aliphatic rings. The van der Waals surface area contributed by atoms with E-state index in [4.69, 9.17) is 9.47 Å². The lowest BCUT2D eigenvalue weighted by molar-refractivity contribution is -0.140. The van der Waals surface area contributed by atoms with Crippen molar-refractivity contribution in [1.29, 1.82) is 0 Å². The number of hydrogen-bond donors (Lipinski definition) is 0. The fraction of sp³-hybridized carbons (Fsp3) is 0.111. The Balaban J connectivity index is 1.35. The third-order valence-corrected chi connectivity index (χ3v) is 4.94. The standard InChI is InChI=1S/C27H24N2O3/c30-26(21-32-25-15-8-3-9-16-25)31-18-10-17-29-20-24(19-28-29)27(22-11-4-1-5-12-22)23-13-6-2-7-14-23/h1-16,18-20,27H,17,21H2. The molecule has 0 saturated heterocycles. The third-order valence-electron chi connectivity index (χ3n) is 4.94. The minimum atomic E-state index is -0.459. The van der Waals surface area contributed by atoms with Crippen molar-refractivity contribution in [3.8, 4) is 5.75 Å². The Morgan fingerprint density at radius 2 is 1.44 bits per heavy atom. The molecule has 1 heterocycles. The molecule has 4 rings (SSSR count). The van der Waals surface area contributed by atoms with Crippen molar-refractivity contribution < 1.29 is 14.3 Å². The molecule has 0 unspecified atom stereocenters. The number of aromatic nitrogens is 2. The van der Waals surface area contributed by atoms with Gasteiger partial charge in [-0.05, 0) is 29.3 Å². The second-order valence-electron chi connectivity index (χ2n) is 7.21. The molecule has 0 amide bonds. The Morgan fingerprint density at radius 1 is 0.844 bits per heavy atom. The fourth-order valence-electron chi connectivity index (χ4n) is 3.46. The summed E-state index contributed by atoms with van der Waals surface area (Å²) in [6, 6.07) is 29.9. The van der Waals surface area contributed by atoms with E-state index in [0.717, 1.165) is 5.56 Å². The number of carbonyl (C=O) groups excluding carboxylic acids is 1. The molecular weight excluding hydrogens is 400 g/mol. The van der Waals surface area contributed by atoms with Crippen LogP contribution in [0.5, 0.6) is 5.75 Å². The molecule has 1 aromatic heterocycles. The van der Waals surface area contributed by atoms with E-state index in [1.165, 1.54) is 17.4 Å². The van der Waals surface area contributed by atoms with Gasteiger partial charge in [-0.3, -0.25) is 4.68 Å². The van der Waals surface area contributed by atoms with Crippen molar-refractivity contribution in [2.24, 2.45) is 0 Å². The summed E-state index contributed by atoms with van der Waals surface area (Å²) in [5, 5.41) is 4.48. The van der Waals surface area contributed by atoms with Gasteiger partial charge < -0.3 is 9.47 Å². The molecule has 5 nitrogen and oxygen atoms in total. The van der Waals surface area contributed by atoms with Crippen molar-refractivity contribution in [3.05, 3.63) is 132 Å². The molecule has 32 heavy (non-hydrogen) atoms. The Kier molecular flexibility index (Phi) is 7.11. The molecule has 0 N–H and O–H groups in total. The van der Waals surface area contributed by atoms with Crippen LogP contribution in [0.25, 0.3) is 0 Å². The number of esters is 1. The van der Waals surface area contributed by atoms with Gasteiger partial charge in [0.05, 0.1) is 19.0 Å². The van der Waals surface area contributed by atoms with Crippen molar-refractivity contribution in [1.82, 2.24) is 9.78 Å². The Labute approximate surface area is 187 Å². The summed E-state index contributed by atoms with van der Waals surface area (Å²) in [6.07, 6.45) is 7.04. The van der Waals surface area contributed by atoms with Crippen LogP contribution in [0.2, 0.25) is 0 Å². The molecule has 0 aliphatic heterocycles. The molecule has 0 bridgehead atoms. The van der Waals surface area contributed by atoms with Gasteiger partial charge in [-0.15, -0.1) is 0 Å². The lowest BCUT2D eigenvalue weighted by Gasteiger charge is -2.16. The van der Waals surface area contributed by atoms with E-state index in [2.05, 4.69) is 29.4 Å². The Bertz CT molecular complexity index is 1100. The minimum absolute atomic E-state index is 0.100. The van der Waals surface area contributed by atoms with Gasteiger partial charge in [0.1, 0.15) is 5.75 Å². The molecule has 0 fully saturated rings. The minimum Gasteiger partial charge on any atom is -0.482 e. The number of nitrogens with zero attached hydrogens (tertiary/aromatic N) is 2. The second-order valence-corrected chi connectivity index (χ2v) is 7.21. The average Bonchev–Trinajstić information content (AvgIpc) is 3.31. The first-order valence-electron chi connectivity index (χ1n) is 10.4. The van der Waals surface area contributed by atoms with E-state index in [-0.39, 0.29) is 12.5 Å². The van der Waals surface area contributed by atoms with Crippen LogP contribution in [0.4, 0.5) is 0 Å². The summed E-state index contributed by atoms with van der Waals surface area (Å²) in [4.78, 5) is 11.8. The van der Waals surface area contributed by atoms with Gasteiger partial charge in [0.15, 0.2) is 6.61 Å². The molecule has 0 radical (unpaired) electrons. The predicted molar refractivity (Wildman–Crippen MR) is 123 cm³/mol. The van der Waals surface area contributed by atoms with Crippen LogP contribution in [-0.4, -0.2) is 22.4 Å². The quantitative estimate of drug-likeness (QED) is 0.274. The summed E-state index contributed by atoms with van der Waals surface area (Å²) in [6.45, 7) is 0.346. The van der Waals surface area contributed by atoms with Gasteiger partial charge in [-0.2, -0.15) is 5.10 Å². The van der Waals surface area contributed by atoms with E-state index < -0.39 is 5.97 Å². The predicted octanol–water partition coefficient (Wildman–Crippen LogP) is 5.20. The molecule has 0 aliphatic carbocycles. The molecule has 5 heteroatoms. The first-order valence-corrected chi connectivity index (χ1v) is 10.4. The smallest absolute Gasteiger partial charge is 0.348 e. The number of benzene rings is 3. The zero-order valence-corrected chi connectivity index (χ0v) is 17.6. The first kappa shape index (κ1) is 21.1. The highest BCUT2D eigenvalue weighted by Gasteiger charge is 2.18. The summed E-state index contributed by atoms with van der Waals surface area (Å²) in [5.41, 5.74) is 3.52. The highest BCUT2D eigenvalue weighted by Crippen LogP contribution is 2.31. The van der Waals surface area contributed by atoms with Gasteiger partial charge >= 0.3 is 5.97 Å². The fourth-order valence-corrected chi connectivity index (χ4v) is 3.46. The zero-order chi connectivity index (χ0) is 22.0. The van der Waals surface area contributed by atoms with Crippen LogP contribution in [0.15, 0.2) is 116 Å². The number of carbonyl (C=O) groups is 1. The maximum Gasteiger partial charge on any atom is 0.348 e. The van der Waals surface area contributed by atoms with Crippen LogP contribution in [0.3, 0.4) is 0 Å². The number of rotatable bonds is 9. The summed E-state index contributed by atoms with van der Waals surface area (Å²) in [5.74, 6) is 0.270. The normalized spacial score (nSPS) is 11.0. The largest absolute Gasteiger partial charge is 0.482 e. The van der Waals surface area contributed by atoms with Crippen molar-refractivity contribution in [2.45, 2.75) is 12.5 Å². The summed E-state index contributed by atoms with van der Waals surface area (Å²) < 4.78 is 12.3. The number of allylic oxidation sites excluding steroid dienone is 1. The lowest BCUT2D eigenvalue weighted by Crippen LogP contribution is -2.12. The third kappa shape index (κ3) is 5.73. The average molecular weight is 425 g/mol. The molecular formula is C27H24N2O3. The van der Waals surface area contributed by atoms with Crippen LogP contribution < -0.4 is 4.74 Å². The molecule has 0 spiro atoms. The van der Waals surface area contributed by atoms with Crippen LogP contribution >= 0.6 is 0 Å². The number of ether oxygens (including phenoxy) is 2. The van der Waals surface area contributed by atoms with Crippen molar-refractivity contribution in [2.75, 3.05) is 6.61 Å². The molecule has 4 aromatic rings. The van der Waals surface area contributed by atoms with E-state index in [0.29, 0.717) is 12.3 Å². The van der Waals surface area contributed by atoms with Gasteiger partial charge in [-0.25, -0.2) is 4.79 Å². The second kappa shape index (κ2) is 10.8. The lowest BCUT2D eigenvalue weighted by atomic mass is 9.87. The molecule has 0 saturated carbocycles. The van der Waals surface area contributed by atoms with E-state index in [1.807, 2.05) is 71.7 Å². The molecule has 160 valence electrons. The maximum absolute atomic E-state index is 11.8. The van der Waals surface area contributed by atoms with Crippen LogP contribution in [-0.2, 0) is 16.1 Å². The zero-order valence-electron chi connectivity index (χ0n) is 17.6. The van der Waals surface area contributed by atoms with Crippen LogP contribution in [0.1, 0.15) is 22.6 Å². The highest BCUT2D eigenvalue weighted by molar-refractivity contribution is 5.71. The van der Waals surface area contributed by atoms with Crippen molar-refractivity contribution in [3.63, 3.8) is 0 Å². The Morgan fingerprint density at radius 3 is 2.06 bits per heavy atom. The highest BCUT2D eigenvalue weighted by atomic mass is 16.6. The summed E-state index contributed by atoms with van der Waals surface area (Å²) >= 11 is 0. The topological polar surface area (TPSA) is 53.4 Å². The van der Waals surface area contributed by atoms with Gasteiger partial charge in [0.2, 0.25) is 0 Å². The first-order chi connectivity index (χ1) is 15.8. The van der Waals surface area contributed by atoms with Gasteiger partial charge in [0.25, 0.3) is 0 Å². The van der Waals surface area contributed by atoms with Crippen molar-refractivity contribution >= 4 is 5.97 Å². The molecule has 0 atom stereocenters. The maximum atomic E-state index is 11.8. The van der Waals surface area contributed by atoms with E-state index in [9.17, 15) is 4.79 Å². The monoisotopic (exact) mass is 424 g/mol. The number of hydrogen-bond acceptors (Lipinski definition) is 4. The Hall–Kier alpha value is -4.12. The number of para-hydroxylation sites is 1. The van der Waals surface area contributed by atoms with E-state index >= 15 is 0 Å². The van der Waals surface area contributed by atoms with E-state index in [1.54, 1.807) is 18.2 Å². The van der Waals surface area contributed by atoms with Crippen LogP contribution in [0, 0.1) is 0 Å². The molecule has 3 aromatic carbocycles. The van der Waals surface area contributed by atoms with Gasteiger partial charge in [0, 0.05) is 17.7 Å².